The fraction of sp³-hybridized carbons (Fsp3) is 0.765. The van der Waals surface area contributed by atoms with Crippen LogP contribution < -0.4 is 10.6 Å². The monoisotopic (exact) mass is 276 g/mol. The quantitative estimate of drug-likeness (QED) is 0.882. The Hall–Kier alpha value is -0.800. The van der Waals surface area contributed by atoms with Crippen LogP contribution in [0.4, 0.5) is 0 Å². The van der Waals surface area contributed by atoms with Crippen LogP contribution in [-0.2, 0) is 0 Å². The molecule has 4 atom stereocenters. The number of nitrogens with one attached hydrogen (secondary N) is 2. The maximum atomic E-state index is 5.54. The molecule has 0 aromatic carbocycles. The lowest BCUT2D eigenvalue weighted by Gasteiger charge is -2.40. The standard InChI is InChI=1S/C17H28N2O/c1-13(17-10-6-12-20-17)19-16-9-3-2-7-14(16)15-8-4-5-11-18-15/h6,10,12-16,18-19H,2-5,7-9,11H2,1H3/t13-,14?,15?,16?/m1/s1. The first-order valence-corrected chi connectivity index (χ1v) is 8.37. The van der Waals surface area contributed by atoms with E-state index in [1.165, 1.54) is 51.5 Å². The highest BCUT2D eigenvalue weighted by molar-refractivity contribution is 5.04. The van der Waals surface area contributed by atoms with Crippen LogP contribution in [0.3, 0.4) is 0 Å². The summed E-state index contributed by atoms with van der Waals surface area (Å²) in [4.78, 5) is 0. The third-order valence-electron chi connectivity index (χ3n) is 5.12. The summed E-state index contributed by atoms with van der Waals surface area (Å²) in [6.45, 7) is 3.43. The molecule has 3 rings (SSSR count). The molecule has 0 radical (unpaired) electrons. The first kappa shape index (κ1) is 14.2. The highest BCUT2D eigenvalue weighted by Crippen LogP contribution is 2.32. The van der Waals surface area contributed by atoms with Crippen molar-refractivity contribution in [3.63, 3.8) is 0 Å². The maximum absolute atomic E-state index is 5.54. The Labute approximate surface area is 122 Å². The highest BCUT2D eigenvalue weighted by Gasteiger charge is 2.33. The average Bonchev–Trinajstić information content (AvgIpc) is 3.03. The molecule has 112 valence electrons. The van der Waals surface area contributed by atoms with E-state index in [2.05, 4.69) is 23.6 Å². The van der Waals surface area contributed by atoms with Gasteiger partial charge in [-0.15, -0.1) is 0 Å². The summed E-state index contributed by atoms with van der Waals surface area (Å²) >= 11 is 0. The third-order valence-corrected chi connectivity index (χ3v) is 5.12. The van der Waals surface area contributed by atoms with E-state index in [0.29, 0.717) is 12.1 Å². The van der Waals surface area contributed by atoms with E-state index in [1.54, 1.807) is 6.26 Å². The minimum absolute atomic E-state index is 0.319. The van der Waals surface area contributed by atoms with Crippen molar-refractivity contribution >= 4 is 0 Å². The zero-order valence-corrected chi connectivity index (χ0v) is 12.6. The van der Waals surface area contributed by atoms with Gasteiger partial charge in [-0.3, -0.25) is 0 Å². The van der Waals surface area contributed by atoms with Crippen molar-refractivity contribution in [1.29, 1.82) is 0 Å². The molecule has 1 saturated heterocycles. The normalized spacial score (nSPS) is 33.0. The van der Waals surface area contributed by atoms with Crippen LogP contribution >= 0.6 is 0 Å². The number of hydrogen-bond donors (Lipinski definition) is 2. The summed E-state index contributed by atoms with van der Waals surface area (Å²) in [5, 5.41) is 7.60. The molecule has 1 aromatic rings. The van der Waals surface area contributed by atoms with E-state index in [9.17, 15) is 0 Å². The van der Waals surface area contributed by atoms with Gasteiger partial charge >= 0.3 is 0 Å². The van der Waals surface area contributed by atoms with Gasteiger partial charge in [-0.2, -0.15) is 0 Å². The summed E-state index contributed by atoms with van der Waals surface area (Å²) in [5.41, 5.74) is 0. The molecule has 3 unspecified atom stereocenters. The van der Waals surface area contributed by atoms with Gasteiger partial charge in [-0.1, -0.05) is 19.3 Å². The molecule has 0 spiro atoms. The number of hydrogen-bond acceptors (Lipinski definition) is 3. The van der Waals surface area contributed by atoms with Crippen molar-refractivity contribution in [2.45, 2.75) is 70.0 Å². The summed E-state index contributed by atoms with van der Waals surface area (Å²) in [5.74, 6) is 1.85. The molecule has 3 heteroatoms. The van der Waals surface area contributed by atoms with Gasteiger partial charge < -0.3 is 15.1 Å². The van der Waals surface area contributed by atoms with Crippen molar-refractivity contribution in [1.82, 2.24) is 10.6 Å². The summed E-state index contributed by atoms with van der Waals surface area (Å²) in [7, 11) is 0. The Morgan fingerprint density at radius 2 is 2.05 bits per heavy atom. The Balaban J connectivity index is 1.62. The molecular formula is C17H28N2O. The predicted octanol–water partition coefficient (Wildman–Crippen LogP) is 3.63. The van der Waals surface area contributed by atoms with Gasteiger partial charge in [0.15, 0.2) is 0 Å². The third kappa shape index (κ3) is 3.26. The smallest absolute Gasteiger partial charge is 0.120 e. The van der Waals surface area contributed by atoms with E-state index < -0.39 is 0 Å². The van der Waals surface area contributed by atoms with Gasteiger partial charge in [0.2, 0.25) is 0 Å². The second-order valence-corrected chi connectivity index (χ2v) is 6.51. The Morgan fingerprint density at radius 3 is 2.80 bits per heavy atom. The molecule has 1 aliphatic heterocycles. The topological polar surface area (TPSA) is 37.2 Å². The molecule has 2 heterocycles. The largest absolute Gasteiger partial charge is 0.468 e. The molecular weight excluding hydrogens is 248 g/mol. The predicted molar refractivity (Wildman–Crippen MR) is 81.6 cm³/mol. The summed E-state index contributed by atoms with van der Waals surface area (Å²) in [6, 6.07) is 5.74. The second-order valence-electron chi connectivity index (χ2n) is 6.51. The van der Waals surface area contributed by atoms with Crippen LogP contribution in [0.2, 0.25) is 0 Å². The molecule has 0 bridgehead atoms. The average molecular weight is 276 g/mol. The lowest BCUT2D eigenvalue weighted by molar-refractivity contribution is 0.170. The fourth-order valence-electron chi connectivity index (χ4n) is 4.03. The van der Waals surface area contributed by atoms with Crippen molar-refractivity contribution in [2.75, 3.05) is 6.54 Å². The van der Waals surface area contributed by atoms with Crippen LogP contribution in [0.25, 0.3) is 0 Å². The molecule has 0 amide bonds. The Morgan fingerprint density at radius 1 is 1.20 bits per heavy atom. The van der Waals surface area contributed by atoms with E-state index in [0.717, 1.165) is 17.7 Å². The number of piperidine rings is 1. The van der Waals surface area contributed by atoms with Crippen LogP contribution in [-0.4, -0.2) is 18.6 Å². The fourth-order valence-corrected chi connectivity index (χ4v) is 4.03. The molecule has 1 aromatic heterocycles. The molecule has 20 heavy (non-hydrogen) atoms. The minimum atomic E-state index is 0.319. The van der Waals surface area contributed by atoms with Crippen LogP contribution in [0.15, 0.2) is 22.8 Å². The van der Waals surface area contributed by atoms with E-state index in [4.69, 9.17) is 4.42 Å². The van der Waals surface area contributed by atoms with Crippen LogP contribution in [0, 0.1) is 5.92 Å². The van der Waals surface area contributed by atoms with Gasteiger partial charge in [0.05, 0.1) is 12.3 Å². The number of rotatable bonds is 4. The zero-order valence-electron chi connectivity index (χ0n) is 12.6. The molecule has 1 aliphatic carbocycles. The van der Waals surface area contributed by atoms with E-state index in [1.807, 2.05) is 6.07 Å². The first-order valence-electron chi connectivity index (χ1n) is 8.37. The summed E-state index contributed by atoms with van der Waals surface area (Å²) < 4.78 is 5.54. The van der Waals surface area contributed by atoms with Crippen molar-refractivity contribution in [2.24, 2.45) is 5.92 Å². The van der Waals surface area contributed by atoms with Crippen molar-refractivity contribution in [3.8, 4) is 0 Å². The van der Waals surface area contributed by atoms with E-state index in [-0.39, 0.29) is 0 Å². The summed E-state index contributed by atoms with van der Waals surface area (Å²) in [6.07, 6.45) is 11.3. The Kier molecular flexibility index (Phi) is 4.79. The van der Waals surface area contributed by atoms with Crippen molar-refractivity contribution < 1.29 is 4.42 Å². The molecule has 2 fully saturated rings. The number of furan rings is 1. The Bertz CT molecular complexity index is 384. The van der Waals surface area contributed by atoms with E-state index >= 15 is 0 Å². The molecule has 1 saturated carbocycles. The first-order chi connectivity index (χ1) is 9.84. The van der Waals surface area contributed by atoms with Crippen molar-refractivity contribution in [3.05, 3.63) is 24.2 Å². The zero-order chi connectivity index (χ0) is 13.8. The molecule has 2 N–H and O–H groups in total. The maximum Gasteiger partial charge on any atom is 0.120 e. The minimum Gasteiger partial charge on any atom is -0.468 e. The van der Waals surface area contributed by atoms with Crippen LogP contribution in [0.5, 0.6) is 0 Å². The SMILES string of the molecule is C[C@@H](NC1CCCCC1C1CCCCN1)c1ccco1. The van der Waals surface area contributed by atoms with Gasteiger partial charge in [-0.25, -0.2) is 0 Å². The van der Waals surface area contributed by atoms with Gasteiger partial charge in [-0.05, 0) is 57.2 Å². The molecule has 3 nitrogen and oxygen atoms in total. The molecule has 2 aliphatic rings. The van der Waals surface area contributed by atoms with Gasteiger partial charge in [0, 0.05) is 12.1 Å². The van der Waals surface area contributed by atoms with Crippen LogP contribution in [0.1, 0.15) is 63.7 Å². The highest BCUT2D eigenvalue weighted by atomic mass is 16.3. The second kappa shape index (κ2) is 6.77. The lowest BCUT2D eigenvalue weighted by atomic mass is 9.77. The van der Waals surface area contributed by atoms with Gasteiger partial charge in [0.25, 0.3) is 0 Å². The van der Waals surface area contributed by atoms with Gasteiger partial charge in [0.1, 0.15) is 5.76 Å². The lowest BCUT2D eigenvalue weighted by Crippen LogP contribution is -2.50.